The maximum atomic E-state index is 5.58. The third kappa shape index (κ3) is 2.06. The van der Waals surface area contributed by atoms with Crippen molar-refractivity contribution in [3.05, 3.63) is 18.2 Å². The lowest BCUT2D eigenvalue weighted by molar-refractivity contribution is 0.0879. The van der Waals surface area contributed by atoms with Gasteiger partial charge in [0.1, 0.15) is 0 Å². The molecule has 1 saturated heterocycles. The second-order valence-corrected chi connectivity index (χ2v) is 4.53. The number of aromatic nitrogens is 2. The average molecular weight is 209 g/mol. The van der Waals surface area contributed by atoms with E-state index in [1.54, 1.807) is 0 Å². The van der Waals surface area contributed by atoms with Crippen LogP contribution in [0.3, 0.4) is 0 Å². The molecule has 1 fully saturated rings. The van der Waals surface area contributed by atoms with Crippen LogP contribution in [-0.4, -0.2) is 27.8 Å². The van der Waals surface area contributed by atoms with Crippen LogP contribution in [0.4, 0.5) is 0 Å². The summed E-state index contributed by atoms with van der Waals surface area (Å²) in [7, 11) is 2.01. The summed E-state index contributed by atoms with van der Waals surface area (Å²) >= 11 is 0. The Bertz CT molecular complexity index is 336. The lowest BCUT2D eigenvalue weighted by Crippen LogP contribution is -2.47. The summed E-state index contributed by atoms with van der Waals surface area (Å²) < 4.78 is 7.62. The molecule has 0 bridgehead atoms. The minimum Gasteiger partial charge on any atom is -0.377 e. The second-order valence-electron chi connectivity index (χ2n) is 4.53. The smallest absolute Gasteiger partial charge is 0.0945 e. The SMILES string of the molecule is CC1OCCC1(C)NCc1cncn1C. The highest BCUT2D eigenvalue weighted by molar-refractivity contribution is 5.01. The summed E-state index contributed by atoms with van der Waals surface area (Å²) in [6, 6.07) is 0. The van der Waals surface area contributed by atoms with E-state index >= 15 is 0 Å². The van der Waals surface area contributed by atoms with Crippen LogP contribution < -0.4 is 5.32 Å². The van der Waals surface area contributed by atoms with Crippen molar-refractivity contribution in [1.82, 2.24) is 14.9 Å². The van der Waals surface area contributed by atoms with E-state index in [0.29, 0.717) is 0 Å². The fourth-order valence-corrected chi connectivity index (χ4v) is 1.91. The molecule has 2 atom stereocenters. The average Bonchev–Trinajstić information content (AvgIpc) is 2.73. The Balaban J connectivity index is 1.96. The van der Waals surface area contributed by atoms with Gasteiger partial charge in [-0.05, 0) is 20.3 Å². The van der Waals surface area contributed by atoms with Crippen molar-refractivity contribution in [2.45, 2.75) is 38.5 Å². The first-order valence-corrected chi connectivity index (χ1v) is 5.44. The van der Waals surface area contributed by atoms with Gasteiger partial charge < -0.3 is 14.6 Å². The van der Waals surface area contributed by atoms with Crippen molar-refractivity contribution in [1.29, 1.82) is 0 Å². The molecular formula is C11H19N3O. The summed E-state index contributed by atoms with van der Waals surface area (Å²) in [6.07, 6.45) is 5.09. The van der Waals surface area contributed by atoms with Gasteiger partial charge >= 0.3 is 0 Å². The summed E-state index contributed by atoms with van der Waals surface area (Å²) in [6.45, 7) is 6.06. The van der Waals surface area contributed by atoms with Crippen LogP contribution in [0.25, 0.3) is 0 Å². The van der Waals surface area contributed by atoms with Crippen LogP contribution in [0.2, 0.25) is 0 Å². The fourth-order valence-electron chi connectivity index (χ4n) is 1.91. The number of hydrogen-bond donors (Lipinski definition) is 1. The van der Waals surface area contributed by atoms with E-state index in [1.807, 2.05) is 24.1 Å². The van der Waals surface area contributed by atoms with Crippen molar-refractivity contribution in [2.24, 2.45) is 7.05 Å². The van der Waals surface area contributed by atoms with E-state index in [4.69, 9.17) is 4.74 Å². The van der Waals surface area contributed by atoms with Crippen LogP contribution in [0.1, 0.15) is 26.0 Å². The second kappa shape index (κ2) is 3.94. The Morgan fingerprint density at radius 1 is 1.73 bits per heavy atom. The van der Waals surface area contributed by atoms with Crippen molar-refractivity contribution in [3.63, 3.8) is 0 Å². The maximum Gasteiger partial charge on any atom is 0.0945 e. The van der Waals surface area contributed by atoms with Crippen molar-refractivity contribution in [2.75, 3.05) is 6.61 Å². The van der Waals surface area contributed by atoms with Crippen molar-refractivity contribution < 1.29 is 4.74 Å². The molecule has 1 aromatic heterocycles. The van der Waals surface area contributed by atoms with Gasteiger partial charge in [-0.2, -0.15) is 0 Å². The number of hydrogen-bond acceptors (Lipinski definition) is 3. The van der Waals surface area contributed by atoms with Crippen LogP contribution in [0, 0.1) is 0 Å². The summed E-state index contributed by atoms with van der Waals surface area (Å²) in [4.78, 5) is 4.10. The quantitative estimate of drug-likeness (QED) is 0.809. The monoisotopic (exact) mass is 209 g/mol. The molecule has 0 aromatic carbocycles. The highest BCUT2D eigenvalue weighted by Gasteiger charge is 2.36. The van der Waals surface area contributed by atoms with Gasteiger partial charge in [-0.15, -0.1) is 0 Å². The van der Waals surface area contributed by atoms with E-state index < -0.39 is 0 Å². The summed E-state index contributed by atoms with van der Waals surface area (Å²) in [5, 5.41) is 3.57. The van der Waals surface area contributed by atoms with Crippen LogP contribution in [-0.2, 0) is 18.3 Å². The first kappa shape index (κ1) is 10.6. The van der Waals surface area contributed by atoms with Crippen LogP contribution in [0.5, 0.6) is 0 Å². The third-order valence-corrected chi connectivity index (χ3v) is 3.48. The lowest BCUT2D eigenvalue weighted by atomic mass is 9.95. The largest absolute Gasteiger partial charge is 0.377 e. The molecule has 1 N–H and O–H groups in total. The summed E-state index contributed by atoms with van der Waals surface area (Å²) in [5.41, 5.74) is 1.31. The Hall–Kier alpha value is -0.870. The molecule has 0 saturated carbocycles. The first-order valence-electron chi connectivity index (χ1n) is 5.44. The molecule has 2 rings (SSSR count). The number of nitrogens with zero attached hydrogens (tertiary/aromatic N) is 2. The van der Waals surface area contributed by atoms with Gasteiger partial charge in [-0.25, -0.2) is 4.98 Å². The minimum absolute atomic E-state index is 0.101. The van der Waals surface area contributed by atoms with Gasteiger partial charge in [0.2, 0.25) is 0 Å². The molecule has 2 unspecified atom stereocenters. The first-order chi connectivity index (χ1) is 7.12. The lowest BCUT2D eigenvalue weighted by Gasteiger charge is -2.29. The topological polar surface area (TPSA) is 39.1 Å². The predicted octanol–water partition coefficient (Wildman–Crippen LogP) is 1.08. The fraction of sp³-hybridized carbons (Fsp3) is 0.727. The molecule has 0 radical (unpaired) electrons. The Kier molecular flexibility index (Phi) is 2.80. The van der Waals surface area contributed by atoms with Gasteiger partial charge in [0.25, 0.3) is 0 Å². The zero-order valence-corrected chi connectivity index (χ0v) is 9.66. The predicted molar refractivity (Wildman–Crippen MR) is 58.5 cm³/mol. The Labute approximate surface area is 90.6 Å². The van der Waals surface area contributed by atoms with Gasteiger partial charge in [0.15, 0.2) is 0 Å². The zero-order valence-electron chi connectivity index (χ0n) is 9.66. The normalized spacial score (nSPS) is 31.0. The van der Waals surface area contributed by atoms with E-state index in [2.05, 4.69) is 24.1 Å². The molecule has 4 heteroatoms. The maximum absolute atomic E-state index is 5.58. The zero-order chi connectivity index (χ0) is 10.9. The molecule has 1 aromatic rings. The van der Waals surface area contributed by atoms with Gasteiger partial charge in [-0.1, -0.05) is 0 Å². The number of ether oxygens (including phenoxy) is 1. The number of aryl methyl sites for hydroxylation is 1. The summed E-state index contributed by atoms with van der Waals surface area (Å²) in [5.74, 6) is 0. The Morgan fingerprint density at radius 2 is 2.53 bits per heavy atom. The molecule has 0 spiro atoms. The molecule has 1 aliphatic rings. The molecule has 0 aliphatic carbocycles. The molecular weight excluding hydrogens is 190 g/mol. The van der Waals surface area contributed by atoms with E-state index in [9.17, 15) is 0 Å². The van der Waals surface area contributed by atoms with Crippen LogP contribution >= 0.6 is 0 Å². The van der Waals surface area contributed by atoms with Crippen molar-refractivity contribution in [3.8, 4) is 0 Å². The van der Waals surface area contributed by atoms with Gasteiger partial charge in [0.05, 0.1) is 18.1 Å². The molecule has 0 amide bonds. The van der Waals surface area contributed by atoms with Crippen LogP contribution in [0.15, 0.2) is 12.5 Å². The molecule has 15 heavy (non-hydrogen) atoms. The van der Waals surface area contributed by atoms with Gasteiger partial charge in [-0.3, -0.25) is 0 Å². The molecule has 1 aliphatic heterocycles. The highest BCUT2D eigenvalue weighted by Crippen LogP contribution is 2.25. The number of imidazole rings is 1. The third-order valence-electron chi connectivity index (χ3n) is 3.48. The standard InChI is InChI=1S/C11H19N3O/c1-9-11(2,4-5-15-9)13-7-10-6-12-8-14(10)3/h6,8-9,13H,4-5,7H2,1-3H3. The molecule has 4 nitrogen and oxygen atoms in total. The Morgan fingerprint density at radius 3 is 3.07 bits per heavy atom. The van der Waals surface area contributed by atoms with E-state index in [0.717, 1.165) is 19.6 Å². The molecule has 84 valence electrons. The highest BCUT2D eigenvalue weighted by atomic mass is 16.5. The van der Waals surface area contributed by atoms with E-state index in [1.165, 1.54) is 5.69 Å². The van der Waals surface area contributed by atoms with Crippen molar-refractivity contribution >= 4 is 0 Å². The van der Waals surface area contributed by atoms with Gasteiger partial charge in [0, 0.05) is 31.9 Å². The number of nitrogens with one attached hydrogen (secondary N) is 1. The molecule has 2 heterocycles. The van der Waals surface area contributed by atoms with E-state index in [-0.39, 0.29) is 11.6 Å². The number of rotatable bonds is 3. The minimum atomic E-state index is 0.101.